The van der Waals surface area contributed by atoms with E-state index < -0.39 is 0 Å². The third-order valence-electron chi connectivity index (χ3n) is 4.90. The third kappa shape index (κ3) is 2.62. The molecule has 3 unspecified atom stereocenters. The Morgan fingerprint density at radius 2 is 2.25 bits per heavy atom. The molecule has 0 bridgehead atoms. The predicted molar refractivity (Wildman–Crippen MR) is 87.6 cm³/mol. The number of fused-ring (bicyclic) bond motifs is 1. The summed E-state index contributed by atoms with van der Waals surface area (Å²) in [4.78, 5) is 0. The lowest BCUT2D eigenvalue weighted by atomic mass is 9.75. The van der Waals surface area contributed by atoms with Gasteiger partial charge in [-0.05, 0) is 47.1 Å². The molecule has 1 fully saturated rings. The van der Waals surface area contributed by atoms with Crippen molar-refractivity contribution in [2.45, 2.75) is 45.1 Å². The van der Waals surface area contributed by atoms with E-state index in [0.717, 1.165) is 5.92 Å². The lowest BCUT2D eigenvalue weighted by Crippen LogP contribution is -2.35. The van der Waals surface area contributed by atoms with Crippen molar-refractivity contribution in [1.29, 1.82) is 0 Å². The number of thiophene rings is 1. The minimum absolute atomic E-state index is 0.298. The average molecular weight is 288 g/mol. The number of nitrogens with one attached hydrogen (secondary N) is 1. The van der Waals surface area contributed by atoms with E-state index in [2.05, 4.69) is 42.0 Å². The van der Waals surface area contributed by atoms with E-state index in [1.54, 1.807) is 0 Å². The summed E-state index contributed by atoms with van der Waals surface area (Å²) in [7, 11) is 0. The van der Waals surface area contributed by atoms with E-state index in [0.29, 0.717) is 12.0 Å². The highest BCUT2D eigenvalue weighted by atomic mass is 32.1. The van der Waals surface area contributed by atoms with E-state index in [1.807, 2.05) is 11.3 Å². The summed E-state index contributed by atoms with van der Waals surface area (Å²) >= 11 is 1.83. The second-order valence-corrected chi connectivity index (χ2v) is 6.95. The van der Waals surface area contributed by atoms with Crippen molar-refractivity contribution in [3.63, 3.8) is 0 Å². The smallest absolute Gasteiger partial charge is 0.0502 e. The van der Waals surface area contributed by atoms with E-state index in [1.165, 1.54) is 47.8 Å². The Morgan fingerprint density at radius 3 is 3.05 bits per heavy atom. The maximum Gasteiger partial charge on any atom is 0.0502 e. The molecule has 20 heavy (non-hydrogen) atoms. The van der Waals surface area contributed by atoms with Crippen molar-refractivity contribution < 1.29 is 0 Å². The van der Waals surface area contributed by atoms with Crippen LogP contribution >= 0.6 is 11.3 Å². The highest BCUT2D eigenvalue weighted by Crippen LogP contribution is 2.40. The van der Waals surface area contributed by atoms with Crippen molar-refractivity contribution in [1.82, 2.24) is 5.43 Å². The Bertz CT molecular complexity index is 563. The van der Waals surface area contributed by atoms with E-state index in [-0.39, 0.29) is 0 Å². The fraction of sp³-hybridized carbons (Fsp3) is 0.529. The van der Waals surface area contributed by atoms with Crippen LogP contribution in [0.25, 0.3) is 10.1 Å². The molecule has 1 heterocycles. The normalized spacial score (nSPS) is 24.9. The zero-order chi connectivity index (χ0) is 13.9. The van der Waals surface area contributed by atoms with Gasteiger partial charge in [-0.15, -0.1) is 11.3 Å². The fourth-order valence-corrected chi connectivity index (χ4v) is 4.70. The first-order valence-electron chi connectivity index (χ1n) is 7.75. The Labute approximate surface area is 125 Å². The van der Waals surface area contributed by atoms with Gasteiger partial charge >= 0.3 is 0 Å². The monoisotopic (exact) mass is 288 g/mol. The molecular weight excluding hydrogens is 264 g/mol. The zero-order valence-electron chi connectivity index (χ0n) is 12.1. The summed E-state index contributed by atoms with van der Waals surface area (Å²) in [6.07, 6.45) is 6.66. The number of nitrogens with two attached hydrogens (primary N) is 1. The molecule has 2 nitrogen and oxygen atoms in total. The van der Waals surface area contributed by atoms with Crippen LogP contribution in [0.1, 0.15) is 50.6 Å². The fourth-order valence-electron chi connectivity index (χ4n) is 3.75. The van der Waals surface area contributed by atoms with Gasteiger partial charge in [0.1, 0.15) is 0 Å². The van der Waals surface area contributed by atoms with Gasteiger partial charge in [0, 0.05) is 4.70 Å². The van der Waals surface area contributed by atoms with Crippen LogP contribution in [0.3, 0.4) is 0 Å². The van der Waals surface area contributed by atoms with Crippen LogP contribution in [0.4, 0.5) is 0 Å². The topological polar surface area (TPSA) is 38.0 Å². The third-order valence-corrected chi connectivity index (χ3v) is 5.88. The predicted octanol–water partition coefficient (Wildman–Crippen LogP) is 4.62. The van der Waals surface area contributed by atoms with Gasteiger partial charge in [-0.1, -0.05) is 44.4 Å². The number of hydrazine groups is 1. The van der Waals surface area contributed by atoms with Crippen LogP contribution in [-0.2, 0) is 0 Å². The molecule has 1 saturated carbocycles. The Morgan fingerprint density at radius 1 is 1.35 bits per heavy atom. The summed E-state index contributed by atoms with van der Waals surface area (Å²) in [5, 5.41) is 3.52. The average Bonchev–Trinajstić information content (AvgIpc) is 2.97. The molecule has 0 radical (unpaired) electrons. The summed E-state index contributed by atoms with van der Waals surface area (Å²) in [6, 6.07) is 9.10. The molecule has 1 aliphatic rings. The van der Waals surface area contributed by atoms with Gasteiger partial charge in [0.05, 0.1) is 6.04 Å². The first-order chi connectivity index (χ1) is 9.83. The minimum Gasteiger partial charge on any atom is -0.271 e. The van der Waals surface area contributed by atoms with Gasteiger partial charge in [0.2, 0.25) is 0 Å². The van der Waals surface area contributed by atoms with Crippen LogP contribution in [-0.4, -0.2) is 0 Å². The Balaban J connectivity index is 1.91. The largest absolute Gasteiger partial charge is 0.271 e. The highest BCUT2D eigenvalue weighted by Gasteiger charge is 2.29. The SMILES string of the molecule is CCC1CCCC(C(NN)c2cccc3ccsc23)C1. The maximum absolute atomic E-state index is 5.94. The summed E-state index contributed by atoms with van der Waals surface area (Å²) < 4.78 is 1.40. The molecule has 0 saturated heterocycles. The molecule has 1 aromatic heterocycles. The van der Waals surface area contributed by atoms with Crippen LogP contribution in [0.5, 0.6) is 0 Å². The molecule has 1 aromatic carbocycles. The van der Waals surface area contributed by atoms with Crippen molar-refractivity contribution in [2.24, 2.45) is 17.7 Å². The molecule has 2 aromatic rings. The first-order valence-corrected chi connectivity index (χ1v) is 8.63. The molecule has 3 atom stereocenters. The maximum atomic E-state index is 5.94. The molecule has 3 rings (SSSR count). The standard InChI is InChI=1S/C17H24N2S/c1-2-12-5-3-7-14(11-12)16(19-18)15-8-4-6-13-9-10-20-17(13)15/h4,6,8-10,12,14,16,19H,2-3,5,7,11,18H2,1H3. The molecular formula is C17H24N2S. The minimum atomic E-state index is 0.298. The summed E-state index contributed by atoms with van der Waals surface area (Å²) in [5.41, 5.74) is 4.51. The zero-order valence-corrected chi connectivity index (χ0v) is 13.0. The lowest BCUT2D eigenvalue weighted by Gasteiger charge is -2.34. The van der Waals surface area contributed by atoms with Crippen molar-refractivity contribution in [3.8, 4) is 0 Å². The van der Waals surface area contributed by atoms with Gasteiger partial charge in [0.15, 0.2) is 0 Å². The first kappa shape index (κ1) is 14.1. The van der Waals surface area contributed by atoms with Crippen molar-refractivity contribution >= 4 is 21.4 Å². The summed E-state index contributed by atoms with van der Waals surface area (Å²) in [6.45, 7) is 2.32. The molecule has 0 spiro atoms. The molecule has 3 heteroatoms. The Hall–Kier alpha value is -0.900. The van der Waals surface area contributed by atoms with Crippen LogP contribution in [0, 0.1) is 11.8 Å². The Kier molecular flexibility index (Phi) is 4.39. The van der Waals surface area contributed by atoms with Crippen LogP contribution < -0.4 is 11.3 Å². The summed E-state index contributed by atoms with van der Waals surface area (Å²) in [5.74, 6) is 7.49. The number of benzene rings is 1. The van der Waals surface area contributed by atoms with E-state index in [4.69, 9.17) is 5.84 Å². The number of hydrogen-bond acceptors (Lipinski definition) is 3. The van der Waals surface area contributed by atoms with E-state index in [9.17, 15) is 0 Å². The van der Waals surface area contributed by atoms with Gasteiger partial charge in [-0.25, -0.2) is 0 Å². The molecule has 0 aliphatic heterocycles. The van der Waals surface area contributed by atoms with Gasteiger partial charge in [0.25, 0.3) is 0 Å². The van der Waals surface area contributed by atoms with Crippen LogP contribution in [0.2, 0.25) is 0 Å². The van der Waals surface area contributed by atoms with E-state index >= 15 is 0 Å². The number of rotatable bonds is 4. The lowest BCUT2D eigenvalue weighted by molar-refractivity contribution is 0.211. The molecule has 0 amide bonds. The quantitative estimate of drug-likeness (QED) is 0.636. The van der Waals surface area contributed by atoms with Crippen molar-refractivity contribution in [2.75, 3.05) is 0 Å². The second kappa shape index (κ2) is 6.25. The second-order valence-electron chi connectivity index (χ2n) is 6.03. The molecule has 108 valence electrons. The number of hydrogen-bond donors (Lipinski definition) is 2. The molecule has 3 N–H and O–H groups in total. The van der Waals surface area contributed by atoms with Gasteiger partial charge in [-0.3, -0.25) is 11.3 Å². The van der Waals surface area contributed by atoms with Gasteiger partial charge < -0.3 is 0 Å². The molecule has 1 aliphatic carbocycles. The van der Waals surface area contributed by atoms with Crippen LogP contribution in [0.15, 0.2) is 29.6 Å². The van der Waals surface area contributed by atoms with Crippen molar-refractivity contribution in [3.05, 3.63) is 35.2 Å². The van der Waals surface area contributed by atoms with Gasteiger partial charge in [-0.2, -0.15) is 0 Å². The highest BCUT2D eigenvalue weighted by molar-refractivity contribution is 7.17.